The minimum Gasteiger partial charge on any atom is -0.462 e. The zero-order valence-electron chi connectivity index (χ0n) is 15.5. The Hall–Kier alpha value is -3.26. The second kappa shape index (κ2) is 7.77. The molecule has 142 valence electrons. The molecule has 3 aromatic heterocycles. The first-order valence-corrected chi connectivity index (χ1v) is 9.73. The molecular formula is C20H19N5O2S. The Morgan fingerprint density at radius 1 is 1.25 bits per heavy atom. The van der Waals surface area contributed by atoms with E-state index in [2.05, 4.69) is 20.4 Å². The van der Waals surface area contributed by atoms with E-state index in [9.17, 15) is 4.79 Å². The van der Waals surface area contributed by atoms with Gasteiger partial charge in [-0.15, -0.1) is 11.3 Å². The first-order valence-electron chi connectivity index (χ1n) is 8.91. The van der Waals surface area contributed by atoms with Crippen molar-refractivity contribution >= 4 is 33.3 Å². The maximum absolute atomic E-state index is 12.2. The van der Waals surface area contributed by atoms with E-state index >= 15 is 0 Å². The van der Waals surface area contributed by atoms with Crippen molar-refractivity contribution in [2.75, 3.05) is 11.9 Å². The van der Waals surface area contributed by atoms with Crippen LogP contribution in [0.3, 0.4) is 0 Å². The van der Waals surface area contributed by atoms with Gasteiger partial charge >= 0.3 is 5.97 Å². The molecule has 0 aliphatic heterocycles. The summed E-state index contributed by atoms with van der Waals surface area (Å²) in [4.78, 5) is 22.2. The van der Waals surface area contributed by atoms with Crippen molar-refractivity contribution < 1.29 is 9.53 Å². The molecule has 8 heteroatoms. The minimum atomic E-state index is -0.321. The van der Waals surface area contributed by atoms with E-state index in [1.807, 2.05) is 54.3 Å². The number of aryl methyl sites for hydroxylation is 1. The molecule has 0 atom stereocenters. The maximum atomic E-state index is 12.2. The van der Waals surface area contributed by atoms with Gasteiger partial charge in [0.25, 0.3) is 0 Å². The molecule has 0 aliphatic carbocycles. The number of carbonyl (C=O) groups is 1. The van der Waals surface area contributed by atoms with Gasteiger partial charge in [0.15, 0.2) is 0 Å². The van der Waals surface area contributed by atoms with Crippen molar-refractivity contribution in [3.63, 3.8) is 0 Å². The SMILES string of the molecule is CCOC(=O)c1sc2ncnc(NCc3cnn(-c4ccccc4)c3)c2c1C. The Balaban J connectivity index is 1.57. The van der Waals surface area contributed by atoms with Gasteiger partial charge in [-0.25, -0.2) is 19.4 Å². The van der Waals surface area contributed by atoms with E-state index in [4.69, 9.17) is 4.74 Å². The van der Waals surface area contributed by atoms with Crippen LogP contribution in [-0.2, 0) is 11.3 Å². The van der Waals surface area contributed by atoms with Crippen molar-refractivity contribution in [3.8, 4) is 5.69 Å². The molecule has 4 aromatic rings. The second-order valence-corrected chi connectivity index (χ2v) is 7.16. The van der Waals surface area contributed by atoms with Crippen LogP contribution in [0.5, 0.6) is 0 Å². The van der Waals surface area contributed by atoms with Crippen LogP contribution >= 0.6 is 11.3 Å². The van der Waals surface area contributed by atoms with Crippen molar-refractivity contribution in [3.05, 3.63) is 65.1 Å². The van der Waals surface area contributed by atoms with Gasteiger partial charge in [0, 0.05) is 18.3 Å². The Bertz CT molecular complexity index is 1120. The van der Waals surface area contributed by atoms with Gasteiger partial charge in [-0.2, -0.15) is 5.10 Å². The number of benzene rings is 1. The van der Waals surface area contributed by atoms with E-state index < -0.39 is 0 Å². The first-order chi connectivity index (χ1) is 13.7. The number of thiophene rings is 1. The lowest BCUT2D eigenvalue weighted by Gasteiger charge is -2.06. The molecule has 0 aliphatic rings. The van der Waals surface area contributed by atoms with E-state index in [1.54, 1.807) is 6.92 Å². The smallest absolute Gasteiger partial charge is 0.348 e. The number of anilines is 1. The highest BCUT2D eigenvalue weighted by atomic mass is 32.1. The number of nitrogens with zero attached hydrogens (tertiary/aromatic N) is 4. The summed E-state index contributed by atoms with van der Waals surface area (Å²) in [5.41, 5.74) is 2.86. The standard InChI is InChI=1S/C20H19N5O2S/c1-3-27-20(26)17-13(2)16-18(22-12-23-19(16)28-17)21-9-14-10-24-25(11-14)15-7-5-4-6-8-15/h4-8,10-12H,3,9H2,1-2H3,(H,21,22,23). The molecule has 1 N–H and O–H groups in total. The van der Waals surface area contributed by atoms with Gasteiger partial charge in [-0.05, 0) is 31.5 Å². The van der Waals surface area contributed by atoms with Crippen molar-refractivity contribution in [1.82, 2.24) is 19.7 Å². The monoisotopic (exact) mass is 393 g/mol. The number of hydrogen-bond donors (Lipinski definition) is 1. The number of rotatable bonds is 6. The molecule has 0 saturated heterocycles. The van der Waals surface area contributed by atoms with Crippen LogP contribution < -0.4 is 5.32 Å². The molecule has 1 aromatic carbocycles. The van der Waals surface area contributed by atoms with Crippen molar-refractivity contribution in [1.29, 1.82) is 0 Å². The molecule has 0 bridgehead atoms. The third kappa shape index (κ3) is 3.46. The van der Waals surface area contributed by atoms with Crippen LogP contribution in [0.1, 0.15) is 27.7 Å². The van der Waals surface area contributed by atoms with Gasteiger partial charge in [0.05, 0.1) is 23.9 Å². The van der Waals surface area contributed by atoms with E-state index in [1.165, 1.54) is 17.7 Å². The van der Waals surface area contributed by atoms with Crippen molar-refractivity contribution in [2.45, 2.75) is 20.4 Å². The molecular weight excluding hydrogens is 374 g/mol. The number of nitrogens with one attached hydrogen (secondary N) is 1. The third-order valence-corrected chi connectivity index (χ3v) is 5.48. The molecule has 0 radical (unpaired) electrons. The Kier molecular flexibility index (Phi) is 5.03. The number of aromatic nitrogens is 4. The minimum absolute atomic E-state index is 0.321. The van der Waals surface area contributed by atoms with Crippen LogP contribution in [0.4, 0.5) is 5.82 Å². The zero-order valence-corrected chi connectivity index (χ0v) is 16.4. The Morgan fingerprint density at radius 3 is 2.86 bits per heavy atom. The fraction of sp³-hybridized carbons (Fsp3) is 0.200. The highest BCUT2D eigenvalue weighted by Crippen LogP contribution is 2.33. The summed E-state index contributed by atoms with van der Waals surface area (Å²) >= 11 is 1.33. The maximum Gasteiger partial charge on any atom is 0.348 e. The molecule has 0 unspecified atom stereocenters. The number of ether oxygens (including phenoxy) is 1. The van der Waals surface area contributed by atoms with Gasteiger partial charge in [0.2, 0.25) is 0 Å². The number of para-hydroxylation sites is 1. The van der Waals surface area contributed by atoms with Crippen LogP contribution in [0.25, 0.3) is 15.9 Å². The summed E-state index contributed by atoms with van der Waals surface area (Å²) in [7, 11) is 0. The second-order valence-electron chi connectivity index (χ2n) is 6.16. The van der Waals surface area contributed by atoms with E-state index in [0.717, 1.165) is 27.0 Å². The first kappa shape index (κ1) is 18.1. The Morgan fingerprint density at radius 2 is 2.07 bits per heavy atom. The highest BCUT2D eigenvalue weighted by Gasteiger charge is 2.20. The van der Waals surface area contributed by atoms with Crippen LogP contribution in [0.2, 0.25) is 0 Å². The number of esters is 1. The van der Waals surface area contributed by atoms with Gasteiger partial charge < -0.3 is 10.1 Å². The normalized spacial score (nSPS) is 10.9. The molecule has 0 fully saturated rings. The largest absolute Gasteiger partial charge is 0.462 e. The zero-order chi connectivity index (χ0) is 19.5. The van der Waals surface area contributed by atoms with Gasteiger partial charge in [0.1, 0.15) is 21.9 Å². The lowest BCUT2D eigenvalue weighted by atomic mass is 10.2. The fourth-order valence-electron chi connectivity index (χ4n) is 2.96. The summed E-state index contributed by atoms with van der Waals surface area (Å²) in [6.07, 6.45) is 5.30. The van der Waals surface area contributed by atoms with Gasteiger partial charge in [-0.1, -0.05) is 18.2 Å². The van der Waals surface area contributed by atoms with Crippen LogP contribution in [0.15, 0.2) is 49.1 Å². The molecule has 28 heavy (non-hydrogen) atoms. The third-order valence-electron chi connectivity index (χ3n) is 4.30. The van der Waals surface area contributed by atoms with Crippen molar-refractivity contribution in [2.24, 2.45) is 0 Å². The quantitative estimate of drug-likeness (QED) is 0.499. The lowest BCUT2D eigenvalue weighted by molar-refractivity contribution is 0.0531. The highest BCUT2D eigenvalue weighted by molar-refractivity contribution is 7.20. The average Bonchev–Trinajstić information content (AvgIpc) is 3.32. The van der Waals surface area contributed by atoms with E-state index in [-0.39, 0.29) is 5.97 Å². The average molecular weight is 393 g/mol. The van der Waals surface area contributed by atoms with E-state index in [0.29, 0.717) is 23.8 Å². The molecule has 7 nitrogen and oxygen atoms in total. The molecule has 0 spiro atoms. The fourth-order valence-corrected chi connectivity index (χ4v) is 4.00. The summed E-state index contributed by atoms with van der Waals surface area (Å²) in [5.74, 6) is 0.375. The summed E-state index contributed by atoms with van der Waals surface area (Å²) in [6, 6.07) is 9.94. The van der Waals surface area contributed by atoms with Crippen LogP contribution in [0, 0.1) is 6.92 Å². The summed E-state index contributed by atoms with van der Waals surface area (Å²) < 4.78 is 6.98. The number of hydrogen-bond acceptors (Lipinski definition) is 7. The van der Waals surface area contributed by atoms with Gasteiger partial charge in [-0.3, -0.25) is 0 Å². The molecule has 3 heterocycles. The van der Waals surface area contributed by atoms with Crippen LogP contribution in [-0.4, -0.2) is 32.3 Å². The predicted octanol–water partition coefficient (Wildman–Crippen LogP) is 3.97. The number of carbonyl (C=O) groups excluding carboxylic acids is 1. The lowest BCUT2D eigenvalue weighted by Crippen LogP contribution is -2.04. The molecule has 4 rings (SSSR count). The Labute approximate surface area is 166 Å². The predicted molar refractivity (Wildman–Crippen MR) is 109 cm³/mol. The summed E-state index contributed by atoms with van der Waals surface area (Å²) in [6.45, 7) is 4.59. The number of fused-ring (bicyclic) bond motifs is 1. The summed E-state index contributed by atoms with van der Waals surface area (Å²) in [5, 5.41) is 8.61. The molecule has 0 saturated carbocycles. The topological polar surface area (TPSA) is 81.9 Å². The molecule has 0 amide bonds.